The highest BCUT2D eigenvalue weighted by atomic mass is 127. The SMILES string of the molecule is CN(Cc1cscn1)C(=O)c1ccc(I)c(O)c1. The summed E-state index contributed by atoms with van der Waals surface area (Å²) >= 11 is 3.52. The second kappa shape index (κ2) is 5.66. The molecule has 18 heavy (non-hydrogen) atoms. The maximum Gasteiger partial charge on any atom is 0.254 e. The third-order valence-electron chi connectivity index (χ3n) is 2.42. The number of aromatic hydroxyl groups is 1. The van der Waals surface area contributed by atoms with Gasteiger partial charge in [-0.15, -0.1) is 11.3 Å². The molecule has 0 aliphatic carbocycles. The summed E-state index contributed by atoms with van der Waals surface area (Å²) in [4.78, 5) is 17.8. The van der Waals surface area contributed by atoms with Crippen LogP contribution in [0.4, 0.5) is 0 Å². The Labute approximate surface area is 122 Å². The highest BCUT2D eigenvalue weighted by Crippen LogP contribution is 2.21. The van der Waals surface area contributed by atoms with Gasteiger partial charge >= 0.3 is 0 Å². The zero-order valence-corrected chi connectivity index (χ0v) is 12.6. The van der Waals surface area contributed by atoms with Crippen LogP contribution in [0, 0.1) is 3.57 Å². The standard InChI is InChI=1S/C12H11IN2O2S/c1-15(5-9-6-18-7-14-9)12(17)8-2-3-10(13)11(16)4-8/h2-4,6-7,16H,5H2,1H3. The average molecular weight is 374 g/mol. The molecule has 2 aromatic rings. The van der Waals surface area contributed by atoms with Gasteiger partial charge in [-0.25, -0.2) is 4.98 Å². The molecule has 1 heterocycles. The summed E-state index contributed by atoms with van der Waals surface area (Å²) in [5, 5.41) is 11.5. The number of nitrogens with zero attached hydrogens (tertiary/aromatic N) is 2. The van der Waals surface area contributed by atoms with Crippen LogP contribution in [0.15, 0.2) is 29.1 Å². The molecular formula is C12H11IN2O2S. The van der Waals surface area contributed by atoms with E-state index in [4.69, 9.17) is 0 Å². The zero-order valence-electron chi connectivity index (χ0n) is 9.63. The minimum Gasteiger partial charge on any atom is -0.507 e. The van der Waals surface area contributed by atoms with E-state index in [9.17, 15) is 9.90 Å². The molecular weight excluding hydrogens is 363 g/mol. The van der Waals surface area contributed by atoms with Crippen LogP contribution in [0.2, 0.25) is 0 Å². The Morgan fingerprint density at radius 2 is 2.33 bits per heavy atom. The predicted octanol–water partition coefficient (Wildman–Crippen LogP) is 2.73. The average Bonchev–Trinajstić information content (AvgIpc) is 2.84. The first-order valence-corrected chi connectivity index (χ1v) is 7.21. The molecule has 1 aromatic carbocycles. The molecule has 0 bridgehead atoms. The zero-order chi connectivity index (χ0) is 13.1. The smallest absolute Gasteiger partial charge is 0.254 e. The third kappa shape index (κ3) is 2.99. The summed E-state index contributed by atoms with van der Waals surface area (Å²) in [5.74, 6) is -0.00166. The van der Waals surface area contributed by atoms with Crippen LogP contribution < -0.4 is 0 Å². The third-order valence-corrected chi connectivity index (χ3v) is 3.97. The molecule has 4 nitrogen and oxygen atoms in total. The number of thiazole rings is 1. The number of aromatic nitrogens is 1. The van der Waals surface area contributed by atoms with Crippen molar-refractivity contribution in [3.63, 3.8) is 0 Å². The molecule has 0 fully saturated rings. The lowest BCUT2D eigenvalue weighted by molar-refractivity contribution is 0.0783. The second-order valence-electron chi connectivity index (χ2n) is 3.81. The normalized spacial score (nSPS) is 10.3. The van der Waals surface area contributed by atoms with Crippen molar-refractivity contribution in [2.45, 2.75) is 6.54 Å². The Balaban J connectivity index is 2.12. The molecule has 0 spiro atoms. The van der Waals surface area contributed by atoms with Crippen LogP contribution in [-0.4, -0.2) is 27.9 Å². The molecule has 94 valence electrons. The van der Waals surface area contributed by atoms with Gasteiger partial charge in [-0.05, 0) is 40.8 Å². The molecule has 0 aliphatic heterocycles. The fourth-order valence-electron chi connectivity index (χ4n) is 1.50. The van der Waals surface area contributed by atoms with Gasteiger partial charge in [-0.2, -0.15) is 0 Å². The highest BCUT2D eigenvalue weighted by molar-refractivity contribution is 14.1. The predicted molar refractivity (Wildman–Crippen MR) is 78.7 cm³/mol. The van der Waals surface area contributed by atoms with E-state index in [2.05, 4.69) is 4.98 Å². The van der Waals surface area contributed by atoms with Gasteiger partial charge in [-0.1, -0.05) is 0 Å². The minimum absolute atomic E-state index is 0.128. The quantitative estimate of drug-likeness (QED) is 0.841. The molecule has 1 amide bonds. The first kappa shape index (κ1) is 13.3. The largest absolute Gasteiger partial charge is 0.507 e. The second-order valence-corrected chi connectivity index (χ2v) is 5.69. The van der Waals surface area contributed by atoms with Gasteiger partial charge in [0.05, 0.1) is 21.3 Å². The van der Waals surface area contributed by atoms with Gasteiger partial charge in [0.2, 0.25) is 0 Å². The number of halogens is 1. The molecule has 1 N–H and O–H groups in total. The van der Waals surface area contributed by atoms with Gasteiger partial charge < -0.3 is 10.0 Å². The van der Waals surface area contributed by atoms with Crippen molar-refractivity contribution < 1.29 is 9.90 Å². The summed E-state index contributed by atoms with van der Waals surface area (Å²) in [7, 11) is 1.72. The molecule has 1 aromatic heterocycles. The molecule has 0 radical (unpaired) electrons. The Bertz CT molecular complexity index is 557. The molecule has 6 heteroatoms. The number of hydrogen-bond acceptors (Lipinski definition) is 4. The molecule has 0 atom stereocenters. The number of hydrogen-bond donors (Lipinski definition) is 1. The van der Waals surface area contributed by atoms with Gasteiger partial charge in [0, 0.05) is 18.0 Å². The summed E-state index contributed by atoms with van der Waals surface area (Å²) in [5.41, 5.74) is 3.08. The summed E-state index contributed by atoms with van der Waals surface area (Å²) < 4.78 is 0.728. The van der Waals surface area contributed by atoms with Crippen molar-refractivity contribution in [1.82, 2.24) is 9.88 Å². The number of amides is 1. The highest BCUT2D eigenvalue weighted by Gasteiger charge is 2.14. The Hall–Kier alpha value is -1.15. The molecule has 0 aliphatic rings. The summed E-state index contributed by atoms with van der Waals surface area (Å²) in [6, 6.07) is 4.92. The molecule has 2 rings (SSSR count). The molecule has 0 saturated heterocycles. The lowest BCUT2D eigenvalue weighted by Gasteiger charge is -2.16. The van der Waals surface area contributed by atoms with Crippen molar-refractivity contribution in [2.75, 3.05) is 7.05 Å². The van der Waals surface area contributed by atoms with E-state index in [0.29, 0.717) is 12.1 Å². The van der Waals surface area contributed by atoms with E-state index in [1.54, 1.807) is 29.6 Å². The number of rotatable bonds is 3. The minimum atomic E-state index is -0.130. The molecule has 0 unspecified atom stereocenters. The van der Waals surface area contributed by atoms with Crippen molar-refractivity contribution in [3.05, 3.63) is 43.9 Å². The first-order chi connectivity index (χ1) is 8.58. The van der Waals surface area contributed by atoms with E-state index < -0.39 is 0 Å². The number of phenolic OH excluding ortho intramolecular Hbond substituents is 1. The lowest BCUT2D eigenvalue weighted by Crippen LogP contribution is -2.26. The number of benzene rings is 1. The van der Waals surface area contributed by atoms with E-state index in [-0.39, 0.29) is 11.7 Å². The van der Waals surface area contributed by atoms with Crippen LogP contribution in [0.5, 0.6) is 5.75 Å². The Morgan fingerprint density at radius 1 is 1.56 bits per heavy atom. The van der Waals surface area contributed by atoms with Gasteiger partial charge in [0.1, 0.15) is 5.75 Å². The van der Waals surface area contributed by atoms with Crippen LogP contribution in [-0.2, 0) is 6.54 Å². The fraction of sp³-hybridized carbons (Fsp3) is 0.167. The maximum atomic E-state index is 12.1. The van der Waals surface area contributed by atoms with Crippen molar-refractivity contribution in [3.8, 4) is 5.75 Å². The fourth-order valence-corrected chi connectivity index (χ4v) is 2.38. The number of carbonyl (C=O) groups excluding carboxylic acids is 1. The number of carbonyl (C=O) groups is 1. The van der Waals surface area contributed by atoms with Gasteiger partial charge in [-0.3, -0.25) is 4.79 Å². The number of phenols is 1. The van der Waals surface area contributed by atoms with E-state index in [0.717, 1.165) is 9.26 Å². The van der Waals surface area contributed by atoms with Gasteiger partial charge in [0.15, 0.2) is 0 Å². The van der Waals surface area contributed by atoms with Crippen LogP contribution in [0.25, 0.3) is 0 Å². The van der Waals surface area contributed by atoms with E-state index in [1.807, 2.05) is 28.0 Å². The van der Waals surface area contributed by atoms with Gasteiger partial charge in [0.25, 0.3) is 5.91 Å². The van der Waals surface area contributed by atoms with Crippen LogP contribution >= 0.6 is 33.9 Å². The van der Waals surface area contributed by atoms with E-state index >= 15 is 0 Å². The maximum absolute atomic E-state index is 12.1. The van der Waals surface area contributed by atoms with Crippen LogP contribution in [0.3, 0.4) is 0 Å². The van der Waals surface area contributed by atoms with Crippen molar-refractivity contribution in [2.24, 2.45) is 0 Å². The van der Waals surface area contributed by atoms with Crippen molar-refractivity contribution in [1.29, 1.82) is 0 Å². The monoisotopic (exact) mass is 374 g/mol. The topological polar surface area (TPSA) is 53.4 Å². The van der Waals surface area contributed by atoms with E-state index in [1.165, 1.54) is 17.4 Å². The molecule has 0 saturated carbocycles. The lowest BCUT2D eigenvalue weighted by atomic mass is 10.2. The Kier molecular flexibility index (Phi) is 4.18. The first-order valence-electron chi connectivity index (χ1n) is 5.19. The Morgan fingerprint density at radius 3 is 2.94 bits per heavy atom. The van der Waals surface area contributed by atoms with Crippen molar-refractivity contribution >= 4 is 39.8 Å². The summed E-state index contributed by atoms with van der Waals surface area (Å²) in [6.07, 6.45) is 0. The van der Waals surface area contributed by atoms with Crippen LogP contribution in [0.1, 0.15) is 16.1 Å². The summed E-state index contributed by atoms with van der Waals surface area (Å²) in [6.45, 7) is 0.467.